The van der Waals surface area contributed by atoms with Crippen LogP contribution in [-0.2, 0) is 30.8 Å². The number of aromatic nitrogens is 2. The molecule has 5 unspecified atom stereocenters. The van der Waals surface area contributed by atoms with Crippen molar-refractivity contribution in [3.05, 3.63) is 71.6 Å². The summed E-state index contributed by atoms with van der Waals surface area (Å²) >= 11 is 0. The number of nitrogens with one attached hydrogen (secondary N) is 3. The molecule has 5 heterocycles. The van der Waals surface area contributed by atoms with E-state index in [4.69, 9.17) is 9.72 Å². The molecule has 1 saturated heterocycles. The Bertz CT molecular complexity index is 2150. The van der Waals surface area contributed by atoms with E-state index in [9.17, 15) is 22.8 Å². The number of allylic oxidation sites excluding steroid dienone is 1. The Morgan fingerprint density at radius 1 is 0.981 bits per heavy atom. The fourth-order valence-electron chi connectivity index (χ4n) is 8.82. The second-order valence-electron chi connectivity index (χ2n) is 16.4. The molecule has 0 radical (unpaired) electrons. The maximum Gasteiger partial charge on any atom is 0.259 e. The summed E-state index contributed by atoms with van der Waals surface area (Å²) in [5.74, 6) is -0.573. The van der Waals surface area contributed by atoms with Gasteiger partial charge < -0.3 is 20.3 Å². The Kier molecular flexibility index (Phi) is 9.22. The first-order valence-electron chi connectivity index (χ1n) is 19.5. The Balaban J connectivity index is 1.16. The van der Waals surface area contributed by atoms with Gasteiger partial charge in [-0.15, -0.1) is 0 Å². The number of ether oxygens (including phenoxy) is 1. The van der Waals surface area contributed by atoms with Crippen LogP contribution in [0.4, 0.5) is 5.82 Å². The van der Waals surface area contributed by atoms with Gasteiger partial charge in [0.05, 0.1) is 22.5 Å². The highest BCUT2D eigenvalue weighted by Crippen LogP contribution is 2.47. The molecule has 1 aromatic carbocycles. The molecule has 5 aliphatic rings. The van der Waals surface area contributed by atoms with Crippen LogP contribution in [0.5, 0.6) is 5.75 Å². The molecule has 1 spiro atoms. The normalized spacial score (nSPS) is 29.4. The third-order valence-electron chi connectivity index (χ3n) is 12.6. The van der Waals surface area contributed by atoms with Gasteiger partial charge in [-0.2, -0.15) is 0 Å². The Morgan fingerprint density at radius 2 is 1.80 bits per heavy atom. The second-order valence-corrected chi connectivity index (χ2v) is 18.6. The lowest BCUT2D eigenvalue weighted by molar-refractivity contribution is -0.144. The van der Waals surface area contributed by atoms with Crippen LogP contribution >= 0.6 is 0 Å². The molecule has 3 aromatic rings. The standard InChI is InChI=1S/C41H50N6O6S/c1-26-12-11-17-34(42-26)44-32-16-8-6-4-5-7-13-28-18-21-41(28,38(50)46-54(51,52)39(3)22-23-39)45-36(48)33-24-40(25-47(33)37(32)49)20-19-30-29-14-9-10-15-31(29)43-27(2)35(30)53-40/h7,9-15,17,28,32-33H,4-6,8,16,18-25H2,1-3H3,(H,42,44)(H,45,48)(H,46,50). The van der Waals surface area contributed by atoms with Crippen molar-refractivity contribution in [1.82, 2.24) is 24.9 Å². The minimum atomic E-state index is -3.96. The van der Waals surface area contributed by atoms with Gasteiger partial charge >= 0.3 is 0 Å². The summed E-state index contributed by atoms with van der Waals surface area (Å²) in [6.45, 7) is 5.63. The van der Waals surface area contributed by atoms with Crippen molar-refractivity contribution in [3.8, 4) is 5.75 Å². The van der Waals surface area contributed by atoms with Crippen LogP contribution in [0.1, 0.15) is 94.5 Å². The topological polar surface area (TPSA) is 160 Å². The largest absolute Gasteiger partial charge is 0.483 e. The zero-order valence-electron chi connectivity index (χ0n) is 31.3. The van der Waals surface area contributed by atoms with E-state index in [0.717, 1.165) is 53.5 Å². The highest BCUT2D eigenvalue weighted by Gasteiger charge is 2.59. The number of sulfonamides is 1. The Hall–Kier alpha value is -4.52. The molecule has 3 N–H and O–H groups in total. The van der Waals surface area contributed by atoms with Crippen LogP contribution in [0.3, 0.4) is 0 Å². The fraction of sp³-hybridized carbons (Fsp3) is 0.537. The molecule has 3 aliphatic heterocycles. The number of carbonyl (C=O) groups is 3. The van der Waals surface area contributed by atoms with Crippen molar-refractivity contribution in [2.45, 2.75) is 126 Å². The van der Waals surface area contributed by atoms with E-state index in [2.05, 4.69) is 20.3 Å². The summed E-state index contributed by atoms with van der Waals surface area (Å²) in [5, 5.41) is 7.49. The minimum Gasteiger partial charge on any atom is -0.483 e. The number of carbonyl (C=O) groups excluding carboxylic acids is 3. The summed E-state index contributed by atoms with van der Waals surface area (Å²) in [6.07, 6.45) is 11.2. The van der Waals surface area contributed by atoms with Crippen molar-refractivity contribution < 1.29 is 27.5 Å². The number of para-hydroxylation sites is 1. The maximum atomic E-state index is 14.9. The summed E-state index contributed by atoms with van der Waals surface area (Å²) in [5.41, 5.74) is 1.17. The quantitative estimate of drug-likeness (QED) is 0.299. The lowest BCUT2D eigenvalue weighted by Crippen LogP contribution is -2.70. The van der Waals surface area contributed by atoms with Crippen molar-refractivity contribution >= 4 is 44.5 Å². The van der Waals surface area contributed by atoms with E-state index in [1.807, 2.05) is 68.5 Å². The zero-order chi connectivity index (χ0) is 37.9. The van der Waals surface area contributed by atoms with Crippen molar-refractivity contribution in [2.75, 3.05) is 11.9 Å². The van der Waals surface area contributed by atoms with Crippen LogP contribution in [0.2, 0.25) is 0 Å². The minimum absolute atomic E-state index is 0.171. The molecule has 3 amide bonds. The van der Waals surface area contributed by atoms with Crippen molar-refractivity contribution in [2.24, 2.45) is 5.92 Å². The molecule has 2 saturated carbocycles. The first kappa shape index (κ1) is 36.5. The number of rotatable bonds is 5. The van der Waals surface area contributed by atoms with Crippen molar-refractivity contribution in [3.63, 3.8) is 0 Å². The Morgan fingerprint density at radius 3 is 2.56 bits per heavy atom. The van der Waals surface area contributed by atoms with Gasteiger partial charge in [0.2, 0.25) is 21.8 Å². The summed E-state index contributed by atoms with van der Waals surface area (Å²) < 4.78 is 34.9. The maximum absolute atomic E-state index is 14.9. The molecule has 12 nitrogen and oxygen atoms in total. The number of aryl methyl sites for hydroxylation is 3. The first-order chi connectivity index (χ1) is 25.8. The van der Waals surface area contributed by atoms with Gasteiger partial charge in [0.25, 0.3) is 5.91 Å². The van der Waals surface area contributed by atoms with Crippen LogP contribution in [0, 0.1) is 19.8 Å². The van der Waals surface area contributed by atoms with Crippen LogP contribution in [0.15, 0.2) is 54.6 Å². The highest BCUT2D eigenvalue weighted by molar-refractivity contribution is 7.91. The van der Waals surface area contributed by atoms with Crippen LogP contribution in [0.25, 0.3) is 10.9 Å². The summed E-state index contributed by atoms with van der Waals surface area (Å²) in [7, 11) is -3.96. The van der Waals surface area contributed by atoms with E-state index in [-0.39, 0.29) is 25.3 Å². The highest BCUT2D eigenvalue weighted by atomic mass is 32.2. The predicted octanol–water partition coefficient (Wildman–Crippen LogP) is 5.18. The van der Waals surface area contributed by atoms with E-state index >= 15 is 0 Å². The number of anilines is 1. The first-order valence-corrected chi connectivity index (χ1v) is 20.9. The lowest BCUT2D eigenvalue weighted by Gasteiger charge is -2.48. The smallest absolute Gasteiger partial charge is 0.259 e. The third-order valence-corrected chi connectivity index (χ3v) is 14.7. The van der Waals surface area contributed by atoms with Gasteiger partial charge in [-0.1, -0.05) is 49.3 Å². The van der Waals surface area contributed by atoms with E-state index in [1.54, 1.807) is 11.8 Å². The molecule has 5 atom stereocenters. The molecule has 2 aromatic heterocycles. The molecule has 8 rings (SSSR count). The van der Waals surface area contributed by atoms with Gasteiger partial charge in [-0.3, -0.25) is 19.1 Å². The van der Waals surface area contributed by atoms with Crippen LogP contribution in [-0.4, -0.2) is 75.5 Å². The molecule has 13 heteroatoms. The average molecular weight is 755 g/mol. The zero-order valence-corrected chi connectivity index (χ0v) is 32.1. The molecule has 54 heavy (non-hydrogen) atoms. The Labute approximate surface area is 317 Å². The molecule has 2 aliphatic carbocycles. The van der Waals surface area contributed by atoms with Gasteiger partial charge in [0.15, 0.2) is 0 Å². The number of hydrogen-bond acceptors (Lipinski definition) is 9. The second kappa shape index (κ2) is 13.6. The SMILES string of the molecule is Cc1cccc(NC2CCCCCC=CC3CCC3(C(=O)NS(=O)(=O)C3(C)CC3)NC(=O)C3CC4(CCc5c(c(C)nc6ccccc56)O4)CN3C2=O)n1. The number of pyridine rings is 2. The van der Waals surface area contributed by atoms with Gasteiger partial charge in [0.1, 0.15) is 34.8 Å². The van der Waals surface area contributed by atoms with E-state index in [1.165, 1.54) is 0 Å². The monoisotopic (exact) mass is 754 g/mol. The van der Waals surface area contributed by atoms with E-state index < -0.39 is 55.7 Å². The van der Waals surface area contributed by atoms with Gasteiger partial charge in [-0.05, 0) is 96.8 Å². The number of benzene rings is 1. The molecule has 286 valence electrons. The lowest BCUT2D eigenvalue weighted by atomic mass is 9.65. The number of hydrogen-bond donors (Lipinski definition) is 3. The number of fused-ring (bicyclic) bond motifs is 5. The average Bonchev–Trinajstić information content (AvgIpc) is 3.80. The fourth-order valence-corrected chi connectivity index (χ4v) is 10.1. The van der Waals surface area contributed by atoms with Gasteiger partial charge in [-0.25, -0.2) is 18.4 Å². The number of amides is 3. The number of nitrogens with zero attached hydrogens (tertiary/aromatic N) is 3. The van der Waals surface area contributed by atoms with Gasteiger partial charge in [0, 0.05) is 29.0 Å². The summed E-state index contributed by atoms with van der Waals surface area (Å²) in [4.78, 5) is 55.0. The third kappa shape index (κ3) is 6.51. The van der Waals surface area contributed by atoms with Crippen LogP contribution < -0.4 is 20.1 Å². The molecule has 0 bridgehead atoms. The molecular weight excluding hydrogens is 705 g/mol. The van der Waals surface area contributed by atoms with Crippen molar-refractivity contribution in [1.29, 1.82) is 0 Å². The predicted molar refractivity (Wildman–Crippen MR) is 205 cm³/mol. The summed E-state index contributed by atoms with van der Waals surface area (Å²) in [6, 6.07) is 12.0. The molecule has 3 fully saturated rings. The van der Waals surface area contributed by atoms with E-state index in [0.29, 0.717) is 50.1 Å². The molecular formula is C41H50N6O6S.